The van der Waals surface area contributed by atoms with Crippen LogP contribution in [0.25, 0.3) is 11.0 Å². The van der Waals surface area contributed by atoms with E-state index in [1.807, 2.05) is 43.3 Å². The molecule has 0 fully saturated rings. The van der Waals surface area contributed by atoms with Crippen molar-refractivity contribution >= 4 is 16.9 Å². The molecule has 0 aliphatic heterocycles. The number of ether oxygens (including phenoxy) is 1. The molecule has 134 valence electrons. The lowest BCUT2D eigenvalue weighted by atomic mass is 10.00. The summed E-state index contributed by atoms with van der Waals surface area (Å²) >= 11 is 0. The predicted octanol–water partition coefficient (Wildman–Crippen LogP) is 3.16. The maximum atomic E-state index is 12.5. The summed E-state index contributed by atoms with van der Waals surface area (Å²) < 4.78 is 11.0. The van der Waals surface area contributed by atoms with Crippen molar-refractivity contribution in [2.45, 2.75) is 13.3 Å². The third kappa shape index (κ3) is 3.77. The number of rotatable bonds is 5. The van der Waals surface area contributed by atoms with Crippen molar-refractivity contribution in [2.75, 3.05) is 20.7 Å². The van der Waals surface area contributed by atoms with Crippen LogP contribution in [-0.2, 0) is 11.2 Å². The fraction of sp³-hybridized carbons (Fsp3) is 0.238. The molecule has 0 saturated carbocycles. The summed E-state index contributed by atoms with van der Waals surface area (Å²) in [5.41, 5.74) is 2.72. The summed E-state index contributed by atoms with van der Waals surface area (Å²) in [6.07, 6.45) is 0.528. The van der Waals surface area contributed by atoms with Gasteiger partial charge in [0.05, 0.1) is 0 Å². The number of fused-ring (bicyclic) bond motifs is 1. The first-order chi connectivity index (χ1) is 12.5. The van der Waals surface area contributed by atoms with Crippen molar-refractivity contribution in [3.8, 4) is 5.75 Å². The molecular formula is C21H21NO4. The van der Waals surface area contributed by atoms with E-state index < -0.39 is 0 Å². The Balaban J connectivity index is 1.91. The van der Waals surface area contributed by atoms with Crippen LogP contribution >= 0.6 is 0 Å². The molecule has 5 nitrogen and oxygen atoms in total. The maximum absolute atomic E-state index is 12.5. The number of aryl methyl sites for hydroxylation is 1. The van der Waals surface area contributed by atoms with E-state index in [4.69, 9.17) is 9.15 Å². The van der Waals surface area contributed by atoms with Gasteiger partial charge in [0, 0.05) is 37.5 Å². The van der Waals surface area contributed by atoms with Crippen molar-refractivity contribution in [1.82, 2.24) is 4.90 Å². The van der Waals surface area contributed by atoms with Gasteiger partial charge in [-0.15, -0.1) is 0 Å². The minimum Gasteiger partial charge on any atom is -0.484 e. The van der Waals surface area contributed by atoms with E-state index in [2.05, 4.69) is 0 Å². The van der Waals surface area contributed by atoms with Gasteiger partial charge in [0.15, 0.2) is 6.61 Å². The highest BCUT2D eigenvalue weighted by Crippen LogP contribution is 2.25. The number of nitrogens with zero attached hydrogens (tertiary/aromatic N) is 1. The van der Waals surface area contributed by atoms with Gasteiger partial charge in [-0.3, -0.25) is 4.79 Å². The van der Waals surface area contributed by atoms with Gasteiger partial charge in [-0.05, 0) is 30.2 Å². The Bertz CT molecular complexity index is 990. The van der Waals surface area contributed by atoms with Crippen molar-refractivity contribution in [1.29, 1.82) is 0 Å². The third-order valence-corrected chi connectivity index (χ3v) is 4.34. The van der Waals surface area contributed by atoms with Crippen molar-refractivity contribution in [3.63, 3.8) is 0 Å². The Hall–Kier alpha value is -3.08. The molecule has 1 heterocycles. The molecule has 0 aliphatic rings. The van der Waals surface area contributed by atoms with Crippen LogP contribution in [0.2, 0.25) is 0 Å². The summed E-state index contributed by atoms with van der Waals surface area (Å²) in [4.78, 5) is 25.6. The van der Waals surface area contributed by atoms with E-state index in [-0.39, 0.29) is 18.1 Å². The highest BCUT2D eigenvalue weighted by molar-refractivity contribution is 5.82. The molecule has 0 spiro atoms. The van der Waals surface area contributed by atoms with Gasteiger partial charge in [-0.1, -0.05) is 30.3 Å². The van der Waals surface area contributed by atoms with E-state index in [1.165, 1.54) is 4.90 Å². The maximum Gasteiger partial charge on any atom is 0.340 e. The number of carbonyl (C=O) groups is 1. The van der Waals surface area contributed by atoms with E-state index >= 15 is 0 Å². The first kappa shape index (κ1) is 17.7. The smallest absolute Gasteiger partial charge is 0.340 e. The van der Waals surface area contributed by atoms with E-state index in [0.717, 1.165) is 16.5 Å². The predicted molar refractivity (Wildman–Crippen MR) is 101 cm³/mol. The van der Waals surface area contributed by atoms with Crippen LogP contribution in [0.3, 0.4) is 0 Å². The van der Waals surface area contributed by atoms with Crippen LogP contribution < -0.4 is 10.4 Å². The molecule has 26 heavy (non-hydrogen) atoms. The zero-order valence-electron chi connectivity index (χ0n) is 15.1. The minimum atomic E-state index is -0.347. The SMILES string of the molecule is Cc1c(Cc2ccccc2)c(=O)oc2cc(OCC(=O)N(C)C)ccc12. The van der Waals surface area contributed by atoms with Crippen LogP contribution in [-0.4, -0.2) is 31.5 Å². The van der Waals surface area contributed by atoms with Crippen molar-refractivity contribution in [2.24, 2.45) is 0 Å². The van der Waals surface area contributed by atoms with Crippen molar-refractivity contribution < 1.29 is 13.9 Å². The molecule has 0 bridgehead atoms. The van der Waals surface area contributed by atoms with Crippen LogP contribution in [0.1, 0.15) is 16.7 Å². The number of likely N-dealkylation sites (N-methyl/N-ethyl adjacent to an activating group) is 1. The Morgan fingerprint density at radius 3 is 2.54 bits per heavy atom. The number of hydrogen-bond donors (Lipinski definition) is 0. The molecule has 1 aromatic heterocycles. The molecule has 2 aromatic carbocycles. The number of hydrogen-bond acceptors (Lipinski definition) is 4. The second-order valence-electron chi connectivity index (χ2n) is 6.39. The molecule has 3 aromatic rings. The lowest BCUT2D eigenvalue weighted by Crippen LogP contribution is -2.27. The molecule has 0 radical (unpaired) electrons. The molecule has 5 heteroatoms. The Kier molecular flexibility index (Phi) is 5.07. The van der Waals surface area contributed by atoms with Crippen LogP contribution in [0.4, 0.5) is 0 Å². The van der Waals surface area contributed by atoms with E-state index in [1.54, 1.807) is 26.2 Å². The average Bonchev–Trinajstić information content (AvgIpc) is 2.63. The molecule has 0 aliphatic carbocycles. The van der Waals surface area contributed by atoms with Crippen molar-refractivity contribution in [3.05, 3.63) is 75.6 Å². The molecule has 1 amide bonds. The van der Waals surface area contributed by atoms with Gasteiger partial charge >= 0.3 is 5.63 Å². The van der Waals surface area contributed by atoms with Crippen LogP contribution in [0.5, 0.6) is 5.75 Å². The average molecular weight is 351 g/mol. The monoisotopic (exact) mass is 351 g/mol. The fourth-order valence-electron chi connectivity index (χ4n) is 2.74. The zero-order chi connectivity index (χ0) is 18.7. The fourth-order valence-corrected chi connectivity index (χ4v) is 2.74. The standard InChI is InChI=1S/C21H21NO4/c1-14-17-10-9-16(25-13-20(23)22(2)3)12-19(17)26-21(24)18(14)11-15-7-5-4-6-8-15/h4-10,12H,11,13H2,1-3H3. The Morgan fingerprint density at radius 1 is 1.12 bits per heavy atom. The zero-order valence-corrected chi connectivity index (χ0v) is 15.1. The minimum absolute atomic E-state index is 0.0617. The second kappa shape index (κ2) is 7.44. The van der Waals surface area contributed by atoms with Gasteiger partial charge in [-0.2, -0.15) is 0 Å². The topological polar surface area (TPSA) is 59.8 Å². The van der Waals surface area contributed by atoms with Crippen LogP contribution in [0.15, 0.2) is 57.7 Å². The highest BCUT2D eigenvalue weighted by Gasteiger charge is 2.13. The molecule has 3 rings (SSSR count). The molecule has 0 atom stereocenters. The molecule has 0 saturated heterocycles. The van der Waals surface area contributed by atoms with Gasteiger partial charge in [-0.25, -0.2) is 4.79 Å². The van der Waals surface area contributed by atoms with Gasteiger partial charge in [0.2, 0.25) is 0 Å². The quantitative estimate of drug-likeness (QED) is 0.663. The molecular weight excluding hydrogens is 330 g/mol. The summed E-state index contributed by atoms with van der Waals surface area (Å²) in [5, 5.41) is 0.863. The van der Waals surface area contributed by atoms with E-state index in [0.29, 0.717) is 23.3 Å². The summed E-state index contributed by atoms with van der Waals surface area (Å²) in [6.45, 7) is 1.86. The first-order valence-corrected chi connectivity index (χ1v) is 8.39. The van der Waals surface area contributed by atoms with E-state index in [9.17, 15) is 9.59 Å². The van der Waals surface area contributed by atoms with Gasteiger partial charge < -0.3 is 14.1 Å². The molecule has 0 unspecified atom stereocenters. The second-order valence-corrected chi connectivity index (χ2v) is 6.39. The Labute approximate surface area is 151 Å². The summed E-state index contributed by atoms with van der Waals surface area (Å²) in [5.74, 6) is 0.354. The van der Waals surface area contributed by atoms with Gasteiger partial charge in [0.25, 0.3) is 5.91 Å². The normalized spacial score (nSPS) is 10.7. The van der Waals surface area contributed by atoms with Crippen LogP contribution in [0, 0.1) is 6.92 Å². The third-order valence-electron chi connectivity index (χ3n) is 4.34. The highest BCUT2D eigenvalue weighted by atomic mass is 16.5. The number of carbonyl (C=O) groups excluding carboxylic acids is 1. The van der Waals surface area contributed by atoms with Gasteiger partial charge in [0.1, 0.15) is 11.3 Å². The molecule has 0 N–H and O–H groups in total. The number of benzene rings is 2. The number of amides is 1. The Morgan fingerprint density at radius 2 is 1.85 bits per heavy atom. The summed E-state index contributed by atoms with van der Waals surface area (Å²) in [7, 11) is 3.34. The lowest BCUT2D eigenvalue weighted by Gasteiger charge is -2.12. The summed E-state index contributed by atoms with van der Waals surface area (Å²) in [6, 6.07) is 15.1. The first-order valence-electron chi connectivity index (χ1n) is 8.39. The lowest BCUT2D eigenvalue weighted by molar-refractivity contribution is -0.130. The largest absolute Gasteiger partial charge is 0.484 e.